The number of hydrogen-bond donors (Lipinski definition) is 1. The number of aryl methyl sites for hydroxylation is 2. The highest BCUT2D eigenvalue weighted by Gasteiger charge is 2.51. The summed E-state index contributed by atoms with van der Waals surface area (Å²) in [6, 6.07) is 10.5. The summed E-state index contributed by atoms with van der Waals surface area (Å²) in [5.41, 5.74) is 3.30. The third-order valence-electron chi connectivity index (χ3n) is 4.99. The molecular formula is C22H23NO5. The van der Waals surface area contributed by atoms with E-state index in [-0.39, 0.29) is 17.0 Å². The van der Waals surface area contributed by atoms with Crippen molar-refractivity contribution in [3.05, 3.63) is 64.2 Å². The summed E-state index contributed by atoms with van der Waals surface area (Å²) in [6.07, 6.45) is 1.50. The molecule has 6 heteroatoms. The van der Waals surface area contributed by atoms with Crippen molar-refractivity contribution in [3.8, 4) is 0 Å². The number of ether oxygens (including phenoxy) is 2. The highest BCUT2D eigenvalue weighted by molar-refractivity contribution is 6.04. The van der Waals surface area contributed by atoms with Crippen molar-refractivity contribution < 1.29 is 23.9 Å². The smallest absolute Gasteiger partial charge is 0.337 e. The van der Waals surface area contributed by atoms with Crippen molar-refractivity contribution in [1.82, 2.24) is 0 Å². The van der Waals surface area contributed by atoms with E-state index in [1.807, 2.05) is 26.0 Å². The van der Waals surface area contributed by atoms with Gasteiger partial charge in [-0.25, -0.2) is 9.59 Å². The van der Waals surface area contributed by atoms with E-state index in [1.54, 1.807) is 0 Å². The molecule has 0 bridgehead atoms. The fourth-order valence-corrected chi connectivity index (χ4v) is 3.44. The summed E-state index contributed by atoms with van der Waals surface area (Å²) in [6.45, 7) is 4.01. The number of rotatable bonds is 5. The lowest BCUT2D eigenvalue weighted by atomic mass is 9.92. The van der Waals surface area contributed by atoms with Crippen LogP contribution in [0.4, 0.5) is 5.69 Å². The maximum absolute atomic E-state index is 13.1. The lowest BCUT2D eigenvalue weighted by Gasteiger charge is -2.18. The van der Waals surface area contributed by atoms with Crippen molar-refractivity contribution in [3.63, 3.8) is 0 Å². The van der Waals surface area contributed by atoms with Crippen molar-refractivity contribution in [2.45, 2.75) is 32.1 Å². The van der Waals surface area contributed by atoms with Crippen LogP contribution in [0.1, 0.15) is 50.2 Å². The van der Waals surface area contributed by atoms with Crippen LogP contribution in [-0.4, -0.2) is 32.1 Å². The largest absolute Gasteiger partial charge is 0.465 e. The molecule has 1 aliphatic carbocycles. The first kappa shape index (κ1) is 19.6. The van der Waals surface area contributed by atoms with Crippen molar-refractivity contribution in [2.24, 2.45) is 0 Å². The molecule has 1 amide bonds. The van der Waals surface area contributed by atoms with Crippen LogP contribution < -0.4 is 5.32 Å². The molecule has 2 aromatic rings. The average Bonchev–Trinajstić information content (AvgIpc) is 3.47. The Balaban J connectivity index is 1.93. The molecule has 1 saturated carbocycles. The summed E-state index contributed by atoms with van der Waals surface area (Å²) in [7, 11) is 2.51. The van der Waals surface area contributed by atoms with Crippen LogP contribution in [0.15, 0.2) is 36.4 Å². The van der Waals surface area contributed by atoms with Gasteiger partial charge in [-0.3, -0.25) is 4.79 Å². The van der Waals surface area contributed by atoms with E-state index in [9.17, 15) is 14.4 Å². The number of hydrogen-bond acceptors (Lipinski definition) is 5. The summed E-state index contributed by atoms with van der Waals surface area (Å²) in [5, 5.41) is 2.87. The Morgan fingerprint density at radius 1 is 0.821 bits per heavy atom. The van der Waals surface area contributed by atoms with Crippen LogP contribution in [0, 0.1) is 13.8 Å². The molecule has 3 rings (SSSR count). The highest BCUT2D eigenvalue weighted by Crippen LogP contribution is 2.49. The Labute approximate surface area is 163 Å². The van der Waals surface area contributed by atoms with Gasteiger partial charge in [0, 0.05) is 5.69 Å². The minimum absolute atomic E-state index is 0.157. The first-order valence-electron chi connectivity index (χ1n) is 9.01. The van der Waals surface area contributed by atoms with Gasteiger partial charge < -0.3 is 14.8 Å². The topological polar surface area (TPSA) is 81.7 Å². The highest BCUT2D eigenvalue weighted by atomic mass is 16.5. The molecule has 1 fully saturated rings. The molecule has 0 unspecified atom stereocenters. The molecule has 0 saturated heterocycles. The Hall–Kier alpha value is -3.15. The lowest BCUT2D eigenvalue weighted by molar-refractivity contribution is -0.118. The van der Waals surface area contributed by atoms with Crippen LogP contribution in [0.5, 0.6) is 0 Å². The number of carbonyl (C=O) groups is 3. The van der Waals surface area contributed by atoms with Gasteiger partial charge in [0.25, 0.3) is 0 Å². The van der Waals surface area contributed by atoms with Gasteiger partial charge in [-0.1, -0.05) is 29.3 Å². The number of benzene rings is 2. The summed E-state index contributed by atoms with van der Waals surface area (Å²) < 4.78 is 9.47. The first-order valence-corrected chi connectivity index (χ1v) is 9.01. The van der Waals surface area contributed by atoms with Crippen LogP contribution in [0.2, 0.25) is 0 Å². The van der Waals surface area contributed by atoms with E-state index in [1.165, 1.54) is 32.4 Å². The SMILES string of the molecule is COC(=O)c1cc(NC(=O)C2(c3cc(C)cc(C)c3)CC2)cc(C(=O)OC)c1. The van der Waals surface area contributed by atoms with Crippen LogP contribution in [-0.2, 0) is 19.7 Å². The molecule has 0 atom stereocenters. The van der Waals surface area contributed by atoms with Gasteiger partial charge in [-0.2, -0.15) is 0 Å². The Morgan fingerprint density at radius 3 is 1.75 bits per heavy atom. The zero-order chi connectivity index (χ0) is 20.5. The van der Waals surface area contributed by atoms with E-state index in [2.05, 4.69) is 11.4 Å². The summed E-state index contributed by atoms with van der Waals surface area (Å²) >= 11 is 0. The number of anilines is 1. The van der Waals surface area contributed by atoms with Crippen LogP contribution in [0.3, 0.4) is 0 Å². The molecule has 0 aliphatic heterocycles. The van der Waals surface area contributed by atoms with E-state index in [4.69, 9.17) is 9.47 Å². The maximum atomic E-state index is 13.1. The minimum Gasteiger partial charge on any atom is -0.465 e. The van der Waals surface area contributed by atoms with Crippen molar-refractivity contribution in [1.29, 1.82) is 0 Å². The molecule has 2 aromatic carbocycles. The number of amides is 1. The van der Waals surface area contributed by atoms with E-state index < -0.39 is 17.4 Å². The normalized spacial score (nSPS) is 14.1. The quantitative estimate of drug-likeness (QED) is 0.801. The molecule has 1 N–H and O–H groups in total. The van der Waals surface area contributed by atoms with E-state index in [0.717, 1.165) is 29.5 Å². The fraction of sp³-hybridized carbons (Fsp3) is 0.318. The van der Waals surface area contributed by atoms with Crippen molar-refractivity contribution >= 4 is 23.5 Å². The van der Waals surface area contributed by atoms with Crippen LogP contribution in [0.25, 0.3) is 0 Å². The summed E-state index contributed by atoms with van der Waals surface area (Å²) in [5.74, 6) is -1.36. The van der Waals surface area contributed by atoms with Gasteiger partial charge in [-0.05, 0) is 50.5 Å². The average molecular weight is 381 g/mol. The van der Waals surface area contributed by atoms with Crippen molar-refractivity contribution in [2.75, 3.05) is 19.5 Å². The molecule has 0 radical (unpaired) electrons. The van der Waals surface area contributed by atoms with Gasteiger partial charge >= 0.3 is 11.9 Å². The number of methoxy groups -OCH3 is 2. The number of esters is 2. The monoisotopic (exact) mass is 381 g/mol. The van der Waals surface area contributed by atoms with E-state index >= 15 is 0 Å². The minimum atomic E-state index is -0.600. The Kier molecular flexibility index (Phi) is 5.23. The van der Waals surface area contributed by atoms with Gasteiger partial charge in [-0.15, -0.1) is 0 Å². The number of nitrogens with one attached hydrogen (secondary N) is 1. The molecule has 28 heavy (non-hydrogen) atoms. The predicted molar refractivity (Wildman–Crippen MR) is 105 cm³/mol. The second-order valence-corrected chi connectivity index (χ2v) is 7.19. The summed E-state index contributed by atoms with van der Waals surface area (Å²) in [4.78, 5) is 36.9. The molecule has 0 heterocycles. The third kappa shape index (κ3) is 3.76. The Bertz CT molecular complexity index is 905. The molecule has 6 nitrogen and oxygen atoms in total. The zero-order valence-corrected chi connectivity index (χ0v) is 16.4. The van der Waals surface area contributed by atoms with Gasteiger partial charge in [0.05, 0.1) is 30.8 Å². The molecule has 146 valence electrons. The first-order chi connectivity index (χ1) is 13.3. The second-order valence-electron chi connectivity index (χ2n) is 7.19. The number of carbonyl (C=O) groups excluding carboxylic acids is 3. The molecule has 0 aromatic heterocycles. The standard InChI is InChI=1S/C22H23NO5/c1-13-7-14(2)9-17(8-13)22(5-6-22)21(26)23-18-11-15(19(24)27-3)10-16(12-18)20(25)28-4/h7-12H,5-6H2,1-4H3,(H,23,26). The van der Waals surface area contributed by atoms with Gasteiger partial charge in [0.1, 0.15) is 0 Å². The van der Waals surface area contributed by atoms with Gasteiger partial charge in [0.15, 0.2) is 0 Å². The third-order valence-corrected chi connectivity index (χ3v) is 4.99. The van der Waals surface area contributed by atoms with Crippen LogP contribution >= 0.6 is 0 Å². The van der Waals surface area contributed by atoms with E-state index in [0.29, 0.717) is 5.69 Å². The van der Waals surface area contributed by atoms with Gasteiger partial charge in [0.2, 0.25) is 5.91 Å². The zero-order valence-electron chi connectivity index (χ0n) is 16.4. The molecular weight excluding hydrogens is 358 g/mol. The maximum Gasteiger partial charge on any atom is 0.337 e. The molecule has 1 aliphatic rings. The molecule has 0 spiro atoms. The predicted octanol–water partition coefficient (Wildman–Crippen LogP) is 3.55. The second kappa shape index (κ2) is 7.46. The Morgan fingerprint density at radius 2 is 1.32 bits per heavy atom. The fourth-order valence-electron chi connectivity index (χ4n) is 3.44. The lowest BCUT2D eigenvalue weighted by Crippen LogP contribution is -2.28.